The topological polar surface area (TPSA) is 17.1 Å². The minimum atomic E-state index is 0.174. The maximum absolute atomic E-state index is 11.3. The monoisotopic (exact) mass is 170 g/mol. The van der Waals surface area contributed by atoms with Gasteiger partial charge in [-0.2, -0.15) is 0 Å². The fourth-order valence-corrected chi connectivity index (χ4v) is 1.21. The number of ketones is 1. The molecule has 0 aromatic carbocycles. The molecule has 0 heterocycles. The molecule has 0 bridgehead atoms. The van der Waals surface area contributed by atoms with E-state index in [4.69, 9.17) is 0 Å². The van der Waals surface area contributed by atoms with Gasteiger partial charge in [0.05, 0.1) is 20.6 Å². The average molecular weight is 170 g/mol. The van der Waals surface area contributed by atoms with Gasteiger partial charge in [0.1, 0.15) is 6.54 Å². The van der Waals surface area contributed by atoms with Crippen LogP contribution in [0.1, 0.15) is 20.3 Å². The van der Waals surface area contributed by atoms with Crippen LogP contribution in [-0.2, 0) is 4.79 Å². The van der Waals surface area contributed by atoms with Crippen molar-refractivity contribution in [3.63, 3.8) is 0 Å². The predicted molar refractivity (Wildman–Crippen MR) is 52.0 cm³/mol. The SMILES string of the molecule is C=C(C)C(=O)C[N+](C)(C)CCC. The van der Waals surface area contributed by atoms with Gasteiger partial charge in [0.2, 0.25) is 5.78 Å². The highest BCUT2D eigenvalue weighted by Gasteiger charge is 2.18. The third-order valence-electron chi connectivity index (χ3n) is 1.88. The summed E-state index contributed by atoms with van der Waals surface area (Å²) in [6, 6.07) is 0. The minimum absolute atomic E-state index is 0.174. The number of hydrogen-bond acceptors (Lipinski definition) is 1. The number of rotatable bonds is 5. The standard InChI is InChI=1S/C10H20NO/c1-6-7-11(4,5)8-10(12)9(2)3/h2,6-8H2,1,3-5H3/q+1. The van der Waals surface area contributed by atoms with Crippen LogP contribution in [0.2, 0.25) is 0 Å². The Morgan fingerprint density at radius 3 is 2.25 bits per heavy atom. The molecule has 2 heteroatoms. The Morgan fingerprint density at radius 2 is 1.92 bits per heavy atom. The molecule has 0 rings (SSSR count). The quantitative estimate of drug-likeness (QED) is 0.452. The van der Waals surface area contributed by atoms with Crippen molar-refractivity contribution in [2.75, 3.05) is 27.2 Å². The molecule has 0 N–H and O–H groups in total. The van der Waals surface area contributed by atoms with Crippen molar-refractivity contribution in [1.82, 2.24) is 0 Å². The largest absolute Gasteiger partial charge is 0.322 e. The van der Waals surface area contributed by atoms with Crippen LogP contribution in [0.4, 0.5) is 0 Å². The molecule has 0 aromatic heterocycles. The number of likely N-dealkylation sites (N-methyl/N-ethyl adjacent to an activating group) is 1. The second-order valence-corrected chi connectivity index (χ2v) is 4.02. The predicted octanol–water partition coefficient (Wildman–Crippen LogP) is 1.62. The normalized spacial score (nSPS) is 11.3. The van der Waals surface area contributed by atoms with Gasteiger partial charge in [0.25, 0.3) is 0 Å². The maximum Gasteiger partial charge on any atom is 0.212 e. The van der Waals surface area contributed by atoms with Gasteiger partial charge in [-0.1, -0.05) is 13.5 Å². The van der Waals surface area contributed by atoms with Crippen molar-refractivity contribution >= 4 is 5.78 Å². The fraction of sp³-hybridized carbons (Fsp3) is 0.700. The molecule has 0 saturated heterocycles. The van der Waals surface area contributed by atoms with E-state index in [2.05, 4.69) is 27.6 Å². The Bertz CT molecular complexity index is 182. The number of hydrogen-bond donors (Lipinski definition) is 0. The summed E-state index contributed by atoms with van der Waals surface area (Å²) in [5, 5.41) is 0. The molecule has 0 fully saturated rings. The summed E-state index contributed by atoms with van der Waals surface area (Å²) in [7, 11) is 4.15. The van der Waals surface area contributed by atoms with Gasteiger partial charge in [0, 0.05) is 0 Å². The van der Waals surface area contributed by atoms with Crippen molar-refractivity contribution in [2.45, 2.75) is 20.3 Å². The molecule has 0 radical (unpaired) electrons. The van der Waals surface area contributed by atoms with E-state index in [9.17, 15) is 4.79 Å². The molecular formula is C10H20NO+. The van der Waals surface area contributed by atoms with E-state index in [1.54, 1.807) is 6.92 Å². The van der Waals surface area contributed by atoms with E-state index in [0.717, 1.165) is 17.4 Å². The van der Waals surface area contributed by atoms with Crippen LogP contribution in [0, 0.1) is 0 Å². The first-order valence-corrected chi connectivity index (χ1v) is 4.40. The van der Waals surface area contributed by atoms with E-state index < -0.39 is 0 Å². The second kappa shape index (κ2) is 4.41. The van der Waals surface area contributed by atoms with Gasteiger partial charge in [-0.05, 0) is 18.9 Å². The summed E-state index contributed by atoms with van der Waals surface area (Å²) in [5.74, 6) is 0.174. The molecular weight excluding hydrogens is 150 g/mol. The van der Waals surface area contributed by atoms with Crippen LogP contribution >= 0.6 is 0 Å². The van der Waals surface area contributed by atoms with Gasteiger partial charge in [-0.15, -0.1) is 0 Å². The molecule has 0 aromatic rings. The summed E-state index contributed by atoms with van der Waals surface area (Å²) in [5.41, 5.74) is 0.664. The maximum atomic E-state index is 11.3. The van der Waals surface area contributed by atoms with Gasteiger partial charge >= 0.3 is 0 Å². The van der Waals surface area contributed by atoms with Crippen LogP contribution in [0.15, 0.2) is 12.2 Å². The van der Waals surface area contributed by atoms with Crippen molar-refractivity contribution in [2.24, 2.45) is 0 Å². The molecule has 0 aliphatic heterocycles. The molecule has 0 amide bonds. The summed E-state index contributed by atoms with van der Waals surface area (Å²) in [6.07, 6.45) is 1.11. The van der Waals surface area contributed by atoms with Crippen LogP contribution in [0.5, 0.6) is 0 Å². The molecule has 0 atom stereocenters. The Hall–Kier alpha value is -0.630. The van der Waals surface area contributed by atoms with Gasteiger partial charge < -0.3 is 4.48 Å². The minimum Gasteiger partial charge on any atom is -0.322 e. The molecule has 70 valence electrons. The highest BCUT2D eigenvalue weighted by atomic mass is 16.1. The number of carbonyl (C=O) groups is 1. The van der Waals surface area contributed by atoms with Crippen molar-refractivity contribution in [3.05, 3.63) is 12.2 Å². The van der Waals surface area contributed by atoms with Gasteiger partial charge in [0.15, 0.2) is 0 Å². The van der Waals surface area contributed by atoms with Crippen molar-refractivity contribution < 1.29 is 9.28 Å². The molecule has 12 heavy (non-hydrogen) atoms. The van der Waals surface area contributed by atoms with Crippen LogP contribution in [0.25, 0.3) is 0 Å². The summed E-state index contributed by atoms with van der Waals surface area (Å²) in [6.45, 7) is 9.16. The molecule has 0 aliphatic carbocycles. The average Bonchev–Trinajstić information content (AvgIpc) is 1.85. The summed E-state index contributed by atoms with van der Waals surface area (Å²) >= 11 is 0. The third kappa shape index (κ3) is 4.29. The molecule has 0 spiro atoms. The number of Topliss-reactive ketones (excluding diaryl/α,β-unsaturated/α-hetero) is 1. The van der Waals surface area contributed by atoms with E-state index in [1.807, 2.05) is 0 Å². The highest BCUT2D eigenvalue weighted by molar-refractivity contribution is 5.95. The first-order chi connectivity index (χ1) is 5.39. The highest BCUT2D eigenvalue weighted by Crippen LogP contribution is 2.02. The first-order valence-electron chi connectivity index (χ1n) is 4.40. The zero-order chi connectivity index (χ0) is 9.78. The number of nitrogens with zero attached hydrogens (tertiary/aromatic N) is 1. The van der Waals surface area contributed by atoms with Gasteiger partial charge in [-0.25, -0.2) is 0 Å². The Labute approximate surface area is 75.5 Å². The molecule has 0 saturated carbocycles. The Kier molecular flexibility index (Phi) is 4.18. The first kappa shape index (κ1) is 11.4. The van der Waals surface area contributed by atoms with E-state index in [1.165, 1.54) is 0 Å². The van der Waals surface area contributed by atoms with Gasteiger partial charge in [-0.3, -0.25) is 4.79 Å². The van der Waals surface area contributed by atoms with Crippen LogP contribution in [-0.4, -0.2) is 37.5 Å². The fourth-order valence-electron chi connectivity index (χ4n) is 1.21. The lowest BCUT2D eigenvalue weighted by Gasteiger charge is -2.28. The second-order valence-electron chi connectivity index (χ2n) is 4.02. The summed E-state index contributed by atoms with van der Waals surface area (Å²) in [4.78, 5) is 11.3. The summed E-state index contributed by atoms with van der Waals surface area (Å²) < 4.78 is 0.766. The van der Waals surface area contributed by atoms with E-state index in [0.29, 0.717) is 12.1 Å². The molecule has 0 unspecified atom stereocenters. The number of carbonyl (C=O) groups excluding carboxylic acids is 1. The lowest BCUT2D eigenvalue weighted by atomic mass is 10.2. The van der Waals surface area contributed by atoms with Crippen LogP contribution in [0.3, 0.4) is 0 Å². The lowest BCUT2D eigenvalue weighted by Crippen LogP contribution is -2.44. The number of quaternary nitrogens is 1. The zero-order valence-electron chi connectivity index (χ0n) is 8.68. The zero-order valence-corrected chi connectivity index (χ0v) is 8.68. The smallest absolute Gasteiger partial charge is 0.212 e. The van der Waals surface area contributed by atoms with Crippen molar-refractivity contribution in [3.8, 4) is 0 Å². The van der Waals surface area contributed by atoms with E-state index >= 15 is 0 Å². The Morgan fingerprint density at radius 1 is 1.42 bits per heavy atom. The van der Waals surface area contributed by atoms with Crippen molar-refractivity contribution in [1.29, 1.82) is 0 Å². The Balaban J connectivity index is 4.05. The lowest BCUT2D eigenvalue weighted by molar-refractivity contribution is -0.882. The third-order valence-corrected chi connectivity index (χ3v) is 1.88. The molecule has 0 aliphatic rings. The van der Waals surface area contributed by atoms with Crippen LogP contribution < -0.4 is 0 Å². The molecule has 2 nitrogen and oxygen atoms in total. The van der Waals surface area contributed by atoms with E-state index in [-0.39, 0.29) is 5.78 Å².